The number of carboxylic acid groups (broad SMARTS) is 1. The van der Waals surface area contributed by atoms with Gasteiger partial charge in [-0.15, -0.1) is 0 Å². The molecule has 2 atom stereocenters. The van der Waals surface area contributed by atoms with Crippen LogP contribution in [0.15, 0.2) is 28.7 Å². The summed E-state index contributed by atoms with van der Waals surface area (Å²) in [6.45, 7) is 1.81. The second kappa shape index (κ2) is 6.51. The fourth-order valence-corrected chi connectivity index (χ4v) is 1.88. The molecule has 1 aromatic rings. The zero-order chi connectivity index (χ0) is 13.7. The number of nitrogens with one attached hydrogen (secondary N) is 1. The van der Waals surface area contributed by atoms with E-state index in [2.05, 4.69) is 21.2 Å². The predicted molar refractivity (Wildman–Crippen MR) is 70.9 cm³/mol. The molecule has 0 fully saturated rings. The van der Waals surface area contributed by atoms with E-state index in [0.29, 0.717) is 0 Å². The van der Waals surface area contributed by atoms with Crippen molar-refractivity contribution in [3.8, 4) is 0 Å². The molecule has 18 heavy (non-hydrogen) atoms. The molecule has 1 amide bonds. The summed E-state index contributed by atoms with van der Waals surface area (Å²) in [6.07, 6.45) is -0.378. The first-order chi connectivity index (χ1) is 8.40. The van der Waals surface area contributed by atoms with Gasteiger partial charge in [0.2, 0.25) is 5.91 Å². The lowest BCUT2D eigenvalue weighted by Crippen LogP contribution is -2.42. The molecule has 0 aliphatic heterocycles. The lowest BCUT2D eigenvalue weighted by molar-refractivity contribution is -0.139. The predicted octanol–water partition coefficient (Wildman–Crippen LogP) is 1.43. The standard InChI is InChI=1S/C12H15BrN2O3/c1-7(8-3-2-4-9(13)5-8)15-12(18)10(14)6-11(16)17/h2-5,7,10H,6,14H2,1H3,(H,15,18)(H,16,17)/t7-,10?/m0/s1. The Hall–Kier alpha value is -1.40. The molecule has 0 aliphatic rings. The molecule has 6 heteroatoms. The summed E-state index contributed by atoms with van der Waals surface area (Å²) in [5, 5.41) is 11.2. The number of carbonyl (C=O) groups excluding carboxylic acids is 1. The SMILES string of the molecule is C[C@H](NC(=O)C(N)CC(=O)O)c1cccc(Br)c1. The molecule has 0 aromatic heterocycles. The quantitative estimate of drug-likeness (QED) is 0.766. The highest BCUT2D eigenvalue weighted by Gasteiger charge is 2.19. The summed E-state index contributed by atoms with van der Waals surface area (Å²) in [7, 11) is 0. The van der Waals surface area contributed by atoms with Gasteiger partial charge in [-0.25, -0.2) is 0 Å². The number of rotatable bonds is 5. The molecular weight excluding hydrogens is 300 g/mol. The number of benzene rings is 1. The first-order valence-corrected chi connectivity index (χ1v) is 6.22. The van der Waals surface area contributed by atoms with Crippen molar-refractivity contribution in [1.29, 1.82) is 0 Å². The van der Waals surface area contributed by atoms with Crippen LogP contribution in [-0.4, -0.2) is 23.0 Å². The van der Waals surface area contributed by atoms with Crippen LogP contribution in [0, 0.1) is 0 Å². The largest absolute Gasteiger partial charge is 0.481 e. The number of carboxylic acids is 1. The molecule has 0 spiro atoms. The van der Waals surface area contributed by atoms with E-state index in [-0.39, 0.29) is 12.5 Å². The van der Waals surface area contributed by atoms with Crippen LogP contribution >= 0.6 is 15.9 Å². The summed E-state index contributed by atoms with van der Waals surface area (Å²) in [4.78, 5) is 22.1. The van der Waals surface area contributed by atoms with Gasteiger partial charge in [0, 0.05) is 4.47 Å². The number of carbonyl (C=O) groups is 2. The van der Waals surface area contributed by atoms with Crippen LogP contribution in [0.3, 0.4) is 0 Å². The Morgan fingerprint density at radius 2 is 2.17 bits per heavy atom. The number of amides is 1. The Kier molecular flexibility index (Phi) is 5.30. The normalized spacial score (nSPS) is 13.7. The minimum Gasteiger partial charge on any atom is -0.481 e. The van der Waals surface area contributed by atoms with Crippen LogP contribution in [0.25, 0.3) is 0 Å². The Bertz CT molecular complexity index is 451. The number of hydrogen-bond acceptors (Lipinski definition) is 3. The van der Waals surface area contributed by atoms with Gasteiger partial charge in [0.1, 0.15) is 0 Å². The smallest absolute Gasteiger partial charge is 0.305 e. The molecule has 0 radical (unpaired) electrons. The van der Waals surface area contributed by atoms with Gasteiger partial charge < -0.3 is 16.2 Å². The van der Waals surface area contributed by atoms with E-state index in [1.165, 1.54) is 0 Å². The third kappa shape index (κ3) is 4.46. The average Bonchev–Trinajstić information content (AvgIpc) is 2.27. The van der Waals surface area contributed by atoms with Crippen molar-refractivity contribution in [3.63, 3.8) is 0 Å². The highest BCUT2D eigenvalue weighted by atomic mass is 79.9. The fourth-order valence-electron chi connectivity index (χ4n) is 1.46. The fraction of sp³-hybridized carbons (Fsp3) is 0.333. The lowest BCUT2D eigenvalue weighted by Gasteiger charge is -2.17. The number of aliphatic carboxylic acids is 1. The maximum absolute atomic E-state index is 11.6. The van der Waals surface area contributed by atoms with Gasteiger partial charge in [-0.05, 0) is 24.6 Å². The van der Waals surface area contributed by atoms with Crippen molar-refractivity contribution < 1.29 is 14.7 Å². The molecule has 1 unspecified atom stereocenters. The molecule has 4 N–H and O–H groups in total. The van der Waals surface area contributed by atoms with Gasteiger partial charge >= 0.3 is 5.97 Å². The van der Waals surface area contributed by atoms with Crippen LogP contribution in [0.5, 0.6) is 0 Å². The van der Waals surface area contributed by atoms with Gasteiger partial charge in [-0.1, -0.05) is 28.1 Å². The number of nitrogens with two attached hydrogens (primary N) is 1. The Balaban J connectivity index is 2.62. The molecule has 0 bridgehead atoms. The van der Waals surface area contributed by atoms with Crippen molar-refractivity contribution in [2.75, 3.05) is 0 Å². The second-order valence-corrected chi connectivity index (χ2v) is 4.91. The van der Waals surface area contributed by atoms with Crippen molar-refractivity contribution in [2.24, 2.45) is 5.73 Å². The summed E-state index contributed by atoms with van der Waals surface area (Å²) in [5.74, 6) is -1.56. The number of halogens is 1. The molecule has 98 valence electrons. The van der Waals surface area contributed by atoms with Crippen LogP contribution in [0.2, 0.25) is 0 Å². The Morgan fingerprint density at radius 1 is 1.50 bits per heavy atom. The maximum atomic E-state index is 11.6. The lowest BCUT2D eigenvalue weighted by atomic mass is 10.1. The van der Waals surface area contributed by atoms with Crippen LogP contribution in [-0.2, 0) is 9.59 Å². The van der Waals surface area contributed by atoms with Crippen molar-refractivity contribution in [2.45, 2.75) is 25.4 Å². The molecule has 0 saturated carbocycles. The van der Waals surface area contributed by atoms with E-state index in [0.717, 1.165) is 10.0 Å². The van der Waals surface area contributed by atoms with E-state index in [1.54, 1.807) is 0 Å². The zero-order valence-corrected chi connectivity index (χ0v) is 11.5. The maximum Gasteiger partial charge on any atom is 0.305 e. The third-order valence-electron chi connectivity index (χ3n) is 2.44. The summed E-state index contributed by atoms with van der Waals surface area (Å²) in [6, 6.07) is 6.24. The minimum absolute atomic E-state index is 0.227. The van der Waals surface area contributed by atoms with Crippen molar-refractivity contribution in [1.82, 2.24) is 5.32 Å². The van der Waals surface area contributed by atoms with Gasteiger partial charge in [0.05, 0.1) is 18.5 Å². The molecule has 5 nitrogen and oxygen atoms in total. The molecule has 0 heterocycles. The average molecular weight is 315 g/mol. The van der Waals surface area contributed by atoms with Crippen LogP contribution in [0.1, 0.15) is 24.9 Å². The molecular formula is C12H15BrN2O3. The van der Waals surface area contributed by atoms with E-state index in [9.17, 15) is 9.59 Å². The van der Waals surface area contributed by atoms with Gasteiger partial charge in [-0.3, -0.25) is 9.59 Å². The Labute approximate surface area is 113 Å². The minimum atomic E-state index is -1.09. The van der Waals surface area contributed by atoms with E-state index >= 15 is 0 Å². The van der Waals surface area contributed by atoms with Crippen LogP contribution in [0.4, 0.5) is 0 Å². The molecule has 1 aromatic carbocycles. The summed E-state index contributed by atoms with van der Waals surface area (Å²) >= 11 is 3.34. The van der Waals surface area contributed by atoms with Crippen molar-refractivity contribution in [3.05, 3.63) is 34.3 Å². The second-order valence-electron chi connectivity index (χ2n) is 3.99. The van der Waals surface area contributed by atoms with E-state index < -0.39 is 17.9 Å². The first kappa shape index (κ1) is 14.7. The van der Waals surface area contributed by atoms with Crippen LogP contribution < -0.4 is 11.1 Å². The first-order valence-electron chi connectivity index (χ1n) is 5.43. The Morgan fingerprint density at radius 3 is 2.72 bits per heavy atom. The van der Waals surface area contributed by atoms with Gasteiger partial charge in [-0.2, -0.15) is 0 Å². The van der Waals surface area contributed by atoms with Crippen molar-refractivity contribution >= 4 is 27.8 Å². The molecule has 0 aliphatic carbocycles. The monoisotopic (exact) mass is 314 g/mol. The van der Waals surface area contributed by atoms with Gasteiger partial charge in [0.15, 0.2) is 0 Å². The summed E-state index contributed by atoms with van der Waals surface area (Å²) < 4.78 is 0.913. The zero-order valence-electron chi connectivity index (χ0n) is 9.89. The number of hydrogen-bond donors (Lipinski definition) is 3. The third-order valence-corrected chi connectivity index (χ3v) is 2.93. The van der Waals surface area contributed by atoms with Gasteiger partial charge in [0.25, 0.3) is 0 Å². The van der Waals surface area contributed by atoms with E-state index in [4.69, 9.17) is 10.8 Å². The summed E-state index contributed by atoms with van der Waals surface area (Å²) in [5.41, 5.74) is 6.39. The highest BCUT2D eigenvalue weighted by molar-refractivity contribution is 9.10. The molecule has 1 rings (SSSR count). The van der Waals surface area contributed by atoms with E-state index in [1.807, 2.05) is 31.2 Å². The topological polar surface area (TPSA) is 92.4 Å². The highest BCUT2D eigenvalue weighted by Crippen LogP contribution is 2.17. The molecule has 0 saturated heterocycles.